The quantitative estimate of drug-likeness (QED) is 0.334. The number of para-hydroxylation sites is 1. The van der Waals surface area contributed by atoms with Crippen molar-refractivity contribution in [1.82, 2.24) is 19.7 Å². The highest BCUT2D eigenvalue weighted by Crippen LogP contribution is 2.37. The third-order valence-electron chi connectivity index (χ3n) is 5.58. The molecular weight excluding hydrogens is 396 g/mol. The molecule has 152 valence electrons. The summed E-state index contributed by atoms with van der Waals surface area (Å²) in [5.74, 6) is 0.740. The summed E-state index contributed by atoms with van der Waals surface area (Å²) in [4.78, 5) is 4.22. The van der Waals surface area contributed by atoms with Crippen LogP contribution in [0.1, 0.15) is 0 Å². The van der Waals surface area contributed by atoms with Gasteiger partial charge in [-0.2, -0.15) is 0 Å². The Hall–Kier alpha value is -4.51. The lowest BCUT2D eigenvalue weighted by molar-refractivity contribution is 0.602. The lowest BCUT2D eigenvalue weighted by Gasteiger charge is -2.18. The average Bonchev–Trinajstić information content (AvgIpc) is 3.54. The highest BCUT2D eigenvalue weighted by atomic mass is 16.3. The molecule has 0 spiro atoms. The molecule has 0 amide bonds. The van der Waals surface area contributed by atoms with E-state index in [9.17, 15) is 0 Å². The third kappa shape index (κ3) is 3.08. The topological polar surface area (TPSA) is 56.7 Å². The van der Waals surface area contributed by atoms with Gasteiger partial charge >= 0.3 is 0 Å². The van der Waals surface area contributed by atoms with Crippen molar-refractivity contribution >= 4 is 11.1 Å². The minimum absolute atomic E-state index is 0.719. The number of oxazole rings is 1. The predicted octanol–water partition coefficient (Wildman–Crippen LogP) is 6.41. The first-order chi connectivity index (χ1) is 15.9. The van der Waals surface area contributed by atoms with Crippen molar-refractivity contribution in [3.63, 3.8) is 0 Å². The second kappa shape index (κ2) is 7.63. The van der Waals surface area contributed by atoms with Gasteiger partial charge in [0.15, 0.2) is 17.8 Å². The van der Waals surface area contributed by atoms with E-state index in [1.807, 2.05) is 30.3 Å². The fourth-order valence-corrected chi connectivity index (χ4v) is 4.09. The molecule has 2 heterocycles. The number of hydrogen-bond donors (Lipinski definition) is 0. The summed E-state index contributed by atoms with van der Waals surface area (Å²) < 4.78 is 7.58. The van der Waals surface area contributed by atoms with Crippen molar-refractivity contribution in [1.29, 1.82) is 0 Å². The minimum atomic E-state index is 0.719. The molecule has 32 heavy (non-hydrogen) atoms. The van der Waals surface area contributed by atoms with Gasteiger partial charge in [-0.15, -0.1) is 10.2 Å². The molecule has 0 unspecified atom stereocenters. The maximum absolute atomic E-state index is 5.52. The van der Waals surface area contributed by atoms with E-state index in [0.717, 1.165) is 50.4 Å². The van der Waals surface area contributed by atoms with Gasteiger partial charge < -0.3 is 4.42 Å². The maximum Gasteiger partial charge on any atom is 0.181 e. The Kier molecular flexibility index (Phi) is 4.36. The van der Waals surface area contributed by atoms with E-state index in [-0.39, 0.29) is 0 Å². The summed E-state index contributed by atoms with van der Waals surface area (Å²) in [6.45, 7) is 0. The van der Waals surface area contributed by atoms with Crippen LogP contribution in [0.3, 0.4) is 0 Å². The fourth-order valence-electron chi connectivity index (χ4n) is 4.09. The molecule has 5 heteroatoms. The molecular formula is C27H18N4O. The second-order valence-electron chi connectivity index (χ2n) is 7.49. The van der Waals surface area contributed by atoms with E-state index >= 15 is 0 Å². The van der Waals surface area contributed by atoms with Crippen LogP contribution in [0.2, 0.25) is 0 Å². The standard InChI is InChI=1S/C27H18N4O/c1-3-8-19(9-4-1)22-12-7-13-23(20-10-5-2-6-11-20)26(22)31-17-29-30-27(31)21-14-15-24-25(16-21)32-18-28-24/h1-18H. The van der Waals surface area contributed by atoms with Crippen LogP contribution in [-0.2, 0) is 0 Å². The van der Waals surface area contributed by atoms with Crippen molar-refractivity contribution in [3.8, 4) is 39.3 Å². The van der Waals surface area contributed by atoms with Crippen LogP contribution in [0.5, 0.6) is 0 Å². The highest BCUT2D eigenvalue weighted by molar-refractivity contribution is 5.87. The molecule has 0 N–H and O–H groups in total. The largest absolute Gasteiger partial charge is 0.443 e. The van der Waals surface area contributed by atoms with E-state index in [0.29, 0.717) is 0 Å². The lowest BCUT2D eigenvalue weighted by Crippen LogP contribution is -2.02. The molecule has 6 aromatic rings. The minimum Gasteiger partial charge on any atom is -0.443 e. The van der Waals surface area contributed by atoms with Gasteiger partial charge in [-0.3, -0.25) is 4.57 Å². The van der Waals surface area contributed by atoms with Crippen LogP contribution >= 0.6 is 0 Å². The Morgan fingerprint density at radius 2 is 1.34 bits per heavy atom. The number of rotatable bonds is 4. The Balaban J connectivity index is 1.63. The van der Waals surface area contributed by atoms with Gasteiger partial charge in [0.2, 0.25) is 0 Å². The summed E-state index contributed by atoms with van der Waals surface area (Å²) >= 11 is 0. The Bertz CT molecular complexity index is 1460. The molecule has 4 aromatic carbocycles. The normalized spacial score (nSPS) is 11.1. The lowest BCUT2D eigenvalue weighted by atomic mass is 9.95. The van der Waals surface area contributed by atoms with Crippen LogP contribution in [-0.4, -0.2) is 19.7 Å². The van der Waals surface area contributed by atoms with Gasteiger partial charge in [0.25, 0.3) is 0 Å². The van der Waals surface area contributed by atoms with E-state index in [1.54, 1.807) is 6.33 Å². The average molecular weight is 414 g/mol. The second-order valence-corrected chi connectivity index (χ2v) is 7.49. The van der Waals surface area contributed by atoms with E-state index in [2.05, 4.69) is 86.5 Å². The molecule has 0 aliphatic rings. The van der Waals surface area contributed by atoms with E-state index < -0.39 is 0 Å². The smallest absolute Gasteiger partial charge is 0.181 e. The number of fused-ring (bicyclic) bond motifs is 1. The van der Waals surface area contributed by atoms with Gasteiger partial charge in [0, 0.05) is 16.7 Å². The number of benzene rings is 4. The molecule has 0 aliphatic heterocycles. The summed E-state index contributed by atoms with van der Waals surface area (Å²) in [5, 5.41) is 8.75. The molecule has 0 saturated carbocycles. The fraction of sp³-hybridized carbons (Fsp3) is 0. The van der Waals surface area contributed by atoms with Crippen molar-refractivity contribution in [3.05, 3.63) is 110 Å². The highest BCUT2D eigenvalue weighted by Gasteiger charge is 2.18. The molecule has 0 bridgehead atoms. The number of nitrogens with zero attached hydrogens (tertiary/aromatic N) is 4. The van der Waals surface area contributed by atoms with E-state index in [1.165, 1.54) is 6.39 Å². The maximum atomic E-state index is 5.52. The zero-order valence-electron chi connectivity index (χ0n) is 17.1. The Morgan fingerprint density at radius 1 is 0.656 bits per heavy atom. The Morgan fingerprint density at radius 3 is 2.03 bits per heavy atom. The number of aromatic nitrogens is 4. The zero-order valence-corrected chi connectivity index (χ0v) is 17.1. The first kappa shape index (κ1) is 18.3. The molecule has 0 atom stereocenters. The number of hydrogen-bond acceptors (Lipinski definition) is 4. The first-order valence-electron chi connectivity index (χ1n) is 10.4. The monoisotopic (exact) mass is 414 g/mol. The van der Waals surface area contributed by atoms with Crippen molar-refractivity contribution in [2.24, 2.45) is 0 Å². The van der Waals surface area contributed by atoms with Crippen LogP contribution in [0.15, 0.2) is 114 Å². The molecule has 0 radical (unpaired) electrons. The SMILES string of the molecule is c1ccc(-c2cccc(-c3ccccc3)c2-n2cnnc2-c2ccc3ncoc3c2)cc1. The summed E-state index contributed by atoms with van der Waals surface area (Å²) in [6.07, 6.45) is 3.23. The van der Waals surface area contributed by atoms with Crippen LogP contribution in [0.25, 0.3) is 50.4 Å². The van der Waals surface area contributed by atoms with E-state index in [4.69, 9.17) is 4.42 Å². The summed E-state index contributed by atoms with van der Waals surface area (Å²) in [5.41, 5.74) is 7.95. The molecule has 0 aliphatic carbocycles. The molecule has 0 saturated heterocycles. The molecule has 6 rings (SSSR count). The third-order valence-corrected chi connectivity index (χ3v) is 5.58. The van der Waals surface area contributed by atoms with Gasteiger partial charge in [0.1, 0.15) is 11.8 Å². The van der Waals surface area contributed by atoms with Gasteiger partial charge in [-0.1, -0.05) is 78.9 Å². The summed E-state index contributed by atoms with van der Waals surface area (Å²) in [7, 11) is 0. The molecule has 2 aromatic heterocycles. The van der Waals surface area contributed by atoms with Crippen LogP contribution in [0, 0.1) is 0 Å². The van der Waals surface area contributed by atoms with Crippen molar-refractivity contribution < 1.29 is 4.42 Å². The van der Waals surface area contributed by atoms with Crippen LogP contribution in [0.4, 0.5) is 0 Å². The summed E-state index contributed by atoms with van der Waals surface area (Å²) in [6, 6.07) is 33.0. The predicted molar refractivity (Wildman–Crippen MR) is 125 cm³/mol. The van der Waals surface area contributed by atoms with Crippen molar-refractivity contribution in [2.75, 3.05) is 0 Å². The van der Waals surface area contributed by atoms with Crippen molar-refractivity contribution in [2.45, 2.75) is 0 Å². The Labute approximate surface area is 184 Å². The van der Waals surface area contributed by atoms with Crippen LogP contribution < -0.4 is 0 Å². The van der Waals surface area contributed by atoms with Gasteiger partial charge in [-0.25, -0.2) is 4.98 Å². The molecule has 0 fully saturated rings. The van der Waals surface area contributed by atoms with Gasteiger partial charge in [0.05, 0.1) is 5.69 Å². The van der Waals surface area contributed by atoms with Gasteiger partial charge in [-0.05, 0) is 29.3 Å². The molecule has 5 nitrogen and oxygen atoms in total. The zero-order chi connectivity index (χ0) is 21.3. The first-order valence-corrected chi connectivity index (χ1v) is 10.4.